The van der Waals surface area contributed by atoms with E-state index < -0.39 is 15.9 Å². The molecule has 0 aliphatic carbocycles. The molecule has 3 rings (SSSR count). The van der Waals surface area contributed by atoms with E-state index in [1.165, 1.54) is 22.5 Å². The number of carbonyl (C=O) groups is 1. The van der Waals surface area contributed by atoms with Crippen molar-refractivity contribution in [1.29, 1.82) is 0 Å². The van der Waals surface area contributed by atoms with Gasteiger partial charge in [0.25, 0.3) is 5.91 Å². The second kappa shape index (κ2) is 8.19. The number of hydrogen-bond acceptors (Lipinski definition) is 3. The topological polar surface area (TPSA) is 66.5 Å². The SMILES string of the molecule is Cc1ccc(C(=O)NCc2cccc(F)c2)cc1S(=O)(=O)N1CCCCC1. The minimum Gasteiger partial charge on any atom is -0.348 e. The van der Waals surface area contributed by atoms with Gasteiger partial charge in [-0.1, -0.05) is 24.6 Å². The largest absolute Gasteiger partial charge is 0.348 e. The molecule has 5 nitrogen and oxygen atoms in total. The standard InChI is InChI=1S/C20H23FN2O3S/c1-15-8-9-17(20(24)22-14-16-6-5-7-18(21)12-16)13-19(15)27(25,26)23-10-3-2-4-11-23/h5-9,12-13H,2-4,10-11,14H2,1H3,(H,22,24). The van der Waals surface area contributed by atoms with Crippen molar-refractivity contribution >= 4 is 15.9 Å². The summed E-state index contributed by atoms with van der Waals surface area (Å²) in [6, 6.07) is 10.7. The number of nitrogens with one attached hydrogen (secondary N) is 1. The minimum absolute atomic E-state index is 0.165. The third-order valence-electron chi connectivity index (χ3n) is 4.73. The van der Waals surface area contributed by atoms with Gasteiger partial charge in [0.05, 0.1) is 4.90 Å². The van der Waals surface area contributed by atoms with Gasteiger partial charge in [0.2, 0.25) is 10.0 Å². The van der Waals surface area contributed by atoms with Gasteiger partial charge in [0.15, 0.2) is 0 Å². The third kappa shape index (κ3) is 4.54. The van der Waals surface area contributed by atoms with Crippen LogP contribution in [0.3, 0.4) is 0 Å². The van der Waals surface area contributed by atoms with Crippen LogP contribution in [0.25, 0.3) is 0 Å². The smallest absolute Gasteiger partial charge is 0.251 e. The molecule has 2 aromatic carbocycles. The van der Waals surface area contributed by atoms with Gasteiger partial charge < -0.3 is 5.32 Å². The summed E-state index contributed by atoms with van der Waals surface area (Å²) in [6.45, 7) is 2.92. The van der Waals surface area contributed by atoms with Crippen LogP contribution in [0.2, 0.25) is 0 Å². The van der Waals surface area contributed by atoms with Gasteiger partial charge in [0.1, 0.15) is 5.82 Å². The summed E-state index contributed by atoms with van der Waals surface area (Å²) in [4.78, 5) is 12.6. The number of halogens is 1. The molecule has 1 fully saturated rings. The fourth-order valence-corrected chi connectivity index (χ4v) is 4.96. The van der Waals surface area contributed by atoms with E-state index in [4.69, 9.17) is 0 Å². The highest BCUT2D eigenvalue weighted by Gasteiger charge is 2.28. The van der Waals surface area contributed by atoms with Gasteiger partial charge in [-0.25, -0.2) is 12.8 Å². The Morgan fingerprint density at radius 1 is 1.11 bits per heavy atom. The minimum atomic E-state index is -3.62. The maximum Gasteiger partial charge on any atom is 0.251 e. The van der Waals surface area contributed by atoms with Gasteiger partial charge in [-0.3, -0.25) is 4.79 Å². The van der Waals surface area contributed by atoms with Gasteiger partial charge >= 0.3 is 0 Å². The van der Waals surface area contributed by atoms with Crippen molar-refractivity contribution in [2.45, 2.75) is 37.6 Å². The van der Waals surface area contributed by atoms with E-state index in [9.17, 15) is 17.6 Å². The van der Waals surface area contributed by atoms with Crippen LogP contribution in [0, 0.1) is 12.7 Å². The molecule has 0 unspecified atom stereocenters. The van der Waals surface area contributed by atoms with Crippen molar-refractivity contribution in [3.63, 3.8) is 0 Å². The van der Waals surface area contributed by atoms with Crippen molar-refractivity contribution in [2.24, 2.45) is 0 Å². The molecular weight excluding hydrogens is 367 g/mol. The molecule has 0 aromatic heterocycles. The van der Waals surface area contributed by atoms with E-state index in [2.05, 4.69) is 5.32 Å². The molecule has 1 aliphatic heterocycles. The Balaban J connectivity index is 1.79. The van der Waals surface area contributed by atoms with Crippen molar-refractivity contribution < 1.29 is 17.6 Å². The lowest BCUT2D eigenvalue weighted by Gasteiger charge is -2.26. The molecule has 7 heteroatoms. The summed E-state index contributed by atoms with van der Waals surface area (Å²) in [5, 5.41) is 2.71. The van der Waals surface area contributed by atoms with Crippen LogP contribution < -0.4 is 5.32 Å². The molecule has 0 saturated carbocycles. The first-order chi connectivity index (χ1) is 12.9. The fraction of sp³-hybridized carbons (Fsp3) is 0.350. The molecule has 0 spiro atoms. The van der Waals surface area contributed by atoms with Crippen LogP contribution in [0.4, 0.5) is 4.39 Å². The number of hydrogen-bond donors (Lipinski definition) is 1. The van der Waals surface area contributed by atoms with Crippen LogP contribution >= 0.6 is 0 Å². The van der Waals surface area contributed by atoms with Crippen molar-refractivity contribution in [2.75, 3.05) is 13.1 Å². The number of carbonyl (C=O) groups excluding carboxylic acids is 1. The highest BCUT2D eigenvalue weighted by molar-refractivity contribution is 7.89. The fourth-order valence-electron chi connectivity index (χ4n) is 3.19. The Morgan fingerprint density at radius 3 is 2.56 bits per heavy atom. The zero-order valence-electron chi connectivity index (χ0n) is 15.2. The van der Waals surface area contributed by atoms with Gasteiger partial charge in [0, 0.05) is 25.2 Å². The van der Waals surface area contributed by atoms with Crippen LogP contribution in [0.5, 0.6) is 0 Å². The first kappa shape index (κ1) is 19.5. The third-order valence-corrected chi connectivity index (χ3v) is 6.77. The predicted octanol–water partition coefficient (Wildman–Crippen LogP) is 3.24. The number of benzene rings is 2. The molecule has 2 aromatic rings. The lowest BCUT2D eigenvalue weighted by molar-refractivity contribution is 0.0950. The van der Waals surface area contributed by atoms with Crippen molar-refractivity contribution in [1.82, 2.24) is 9.62 Å². The maximum absolute atomic E-state index is 13.2. The number of amides is 1. The molecule has 0 bridgehead atoms. The number of piperidine rings is 1. The Morgan fingerprint density at radius 2 is 1.85 bits per heavy atom. The summed E-state index contributed by atoms with van der Waals surface area (Å²) in [7, 11) is -3.62. The second-order valence-corrected chi connectivity index (χ2v) is 8.66. The zero-order chi connectivity index (χ0) is 19.4. The summed E-state index contributed by atoms with van der Waals surface area (Å²) in [5.41, 5.74) is 1.52. The van der Waals surface area contributed by atoms with E-state index in [0.717, 1.165) is 19.3 Å². The molecule has 0 radical (unpaired) electrons. The second-order valence-electron chi connectivity index (χ2n) is 6.76. The van der Waals surface area contributed by atoms with Crippen molar-refractivity contribution in [3.05, 3.63) is 65.0 Å². The predicted molar refractivity (Wildman–Crippen MR) is 101 cm³/mol. The highest BCUT2D eigenvalue weighted by Crippen LogP contribution is 2.24. The number of sulfonamides is 1. The first-order valence-electron chi connectivity index (χ1n) is 9.01. The van der Waals surface area contributed by atoms with Crippen molar-refractivity contribution in [3.8, 4) is 0 Å². The lowest BCUT2D eigenvalue weighted by atomic mass is 10.1. The number of aryl methyl sites for hydroxylation is 1. The summed E-state index contributed by atoms with van der Waals surface area (Å²) in [6.07, 6.45) is 2.74. The molecule has 1 aliphatic rings. The quantitative estimate of drug-likeness (QED) is 0.852. The molecule has 1 amide bonds. The summed E-state index contributed by atoms with van der Waals surface area (Å²) >= 11 is 0. The monoisotopic (exact) mass is 390 g/mol. The Kier molecular flexibility index (Phi) is 5.92. The van der Waals surface area contributed by atoms with E-state index in [-0.39, 0.29) is 22.8 Å². The Labute approximate surface area is 159 Å². The highest BCUT2D eigenvalue weighted by atomic mass is 32.2. The average Bonchev–Trinajstić information content (AvgIpc) is 2.67. The van der Waals surface area contributed by atoms with Gasteiger partial charge in [-0.15, -0.1) is 0 Å². The van der Waals surface area contributed by atoms with Crippen LogP contribution in [-0.2, 0) is 16.6 Å². The summed E-state index contributed by atoms with van der Waals surface area (Å²) < 4.78 is 40.6. The normalized spacial score (nSPS) is 15.5. The number of rotatable bonds is 5. The molecule has 1 N–H and O–H groups in total. The first-order valence-corrected chi connectivity index (χ1v) is 10.5. The Bertz CT molecular complexity index is 938. The lowest BCUT2D eigenvalue weighted by Crippen LogP contribution is -2.36. The van der Waals surface area contributed by atoms with E-state index in [1.807, 2.05) is 0 Å². The molecule has 144 valence electrons. The molecule has 1 heterocycles. The Hall–Kier alpha value is -2.25. The van der Waals surface area contributed by atoms with E-state index in [1.54, 1.807) is 31.2 Å². The average molecular weight is 390 g/mol. The molecule has 27 heavy (non-hydrogen) atoms. The van der Waals surface area contributed by atoms with E-state index in [0.29, 0.717) is 24.2 Å². The maximum atomic E-state index is 13.2. The van der Waals surface area contributed by atoms with Crippen LogP contribution in [0.15, 0.2) is 47.4 Å². The summed E-state index contributed by atoms with van der Waals surface area (Å²) in [5.74, 6) is -0.763. The van der Waals surface area contributed by atoms with Crippen LogP contribution in [-0.4, -0.2) is 31.7 Å². The molecule has 0 atom stereocenters. The zero-order valence-corrected chi connectivity index (χ0v) is 16.1. The van der Waals surface area contributed by atoms with Crippen LogP contribution in [0.1, 0.15) is 40.7 Å². The molecular formula is C20H23FN2O3S. The molecule has 1 saturated heterocycles. The van der Waals surface area contributed by atoms with Gasteiger partial charge in [-0.05, 0) is 55.2 Å². The van der Waals surface area contributed by atoms with E-state index >= 15 is 0 Å². The van der Waals surface area contributed by atoms with Gasteiger partial charge in [-0.2, -0.15) is 4.31 Å². The number of nitrogens with zero attached hydrogens (tertiary/aromatic N) is 1.